The second-order valence-electron chi connectivity index (χ2n) is 3.24. The summed E-state index contributed by atoms with van der Waals surface area (Å²) in [5.74, 6) is -2.45. The standard InChI is InChI=1S/C6H2N6O.C2HF3O2/c13-6-11-4-3(7-1-8-4)5-9-2-10-12(5)6;3-2(4,5)1(6)7/h1-2H;(H,6,7). The minimum atomic E-state index is -5.08. The topological polar surface area (TPSA) is 122 Å². The highest BCUT2D eigenvalue weighted by atomic mass is 19.4. The number of hydrogen-bond donors (Lipinski definition) is 1. The molecule has 0 aromatic carbocycles. The Kier molecular flexibility index (Phi) is 3.13. The van der Waals surface area contributed by atoms with Gasteiger partial charge >= 0.3 is 17.8 Å². The van der Waals surface area contributed by atoms with Crippen LogP contribution < -0.4 is 11.0 Å². The van der Waals surface area contributed by atoms with Crippen LogP contribution >= 0.6 is 0 Å². The van der Waals surface area contributed by atoms with Crippen molar-refractivity contribution in [3.05, 3.63) is 22.2 Å². The number of alkyl halides is 3. The van der Waals surface area contributed by atoms with E-state index in [1.54, 1.807) is 0 Å². The summed E-state index contributed by atoms with van der Waals surface area (Å²) in [6.45, 7) is 0. The average molecular weight is 288 g/mol. The number of aliphatic imine (C=N–C) groups is 1. The summed E-state index contributed by atoms with van der Waals surface area (Å²) in [6.07, 6.45) is -2.46. The molecular formula is C8H3F3N6O3. The van der Waals surface area contributed by atoms with E-state index < -0.39 is 17.8 Å². The van der Waals surface area contributed by atoms with Gasteiger partial charge in [-0.25, -0.2) is 24.6 Å². The summed E-state index contributed by atoms with van der Waals surface area (Å²) in [4.78, 5) is 35.4. The SMILES string of the molecule is O=C(O)C(F)(F)F.O=c1nc2c(c3ncnn13)=NC=N2. The number of halogens is 3. The molecule has 0 radical (unpaired) electrons. The number of hydrogen-bond acceptors (Lipinski definition) is 7. The van der Waals surface area contributed by atoms with Crippen molar-refractivity contribution in [2.75, 3.05) is 0 Å². The van der Waals surface area contributed by atoms with Gasteiger partial charge in [-0.05, 0) is 0 Å². The lowest BCUT2D eigenvalue weighted by molar-refractivity contribution is -0.192. The van der Waals surface area contributed by atoms with E-state index in [2.05, 4.69) is 25.1 Å². The van der Waals surface area contributed by atoms with Crippen molar-refractivity contribution in [3.63, 3.8) is 0 Å². The zero-order valence-electron chi connectivity index (χ0n) is 9.24. The Balaban J connectivity index is 0.000000182. The highest BCUT2D eigenvalue weighted by Gasteiger charge is 2.38. The molecule has 0 amide bonds. The van der Waals surface area contributed by atoms with Crippen molar-refractivity contribution in [2.45, 2.75) is 6.18 Å². The summed E-state index contributed by atoms with van der Waals surface area (Å²) in [5.41, 5.74) is -0.0898. The molecule has 3 heterocycles. The quantitative estimate of drug-likeness (QED) is 0.672. The van der Waals surface area contributed by atoms with E-state index in [-0.39, 0.29) is 0 Å². The zero-order chi connectivity index (χ0) is 14.9. The third-order valence-corrected chi connectivity index (χ3v) is 1.96. The Bertz CT molecular complexity index is 811. The van der Waals surface area contributed by atoms with Crippen LogP contribution in [-0.2, 0) is 4.79 Å². The van der Waals surface area contributed by atoms with Gasteiger partial charge in [0, 0.05) is 0 Å². The first-order valence-corrected chi connectivity index (χ1v) is 4.75. The van der Waals surface area contributed by atoms with Gasteiger partial charge in [-0.2, -0.15) is 27.8 Å². The summed E-state index contributed by atoms with van der Waals surface area (Å²) in [7, 11) is 0. The second kappa shape index (κ2) is 4.64. The van der Waals surface area contributed by atoms with Crippen molar-refractivity contribution >= 4 is 23.8 Å². The molecule has 2 aromatic rings. The van der Waals surface area contributed by atoms with Crippen LogP contribution in [0, 0.1) is 0 Å². The van der Waals surface area contributed by atoms with E-state index in [1.165, 1.54) is 12.7 Å². The van der Waals surface area contributed by atoms with Crippen LogP contribution in [0.5, 0.6) is 0 Å². The summed E-state index contributed by atoms with van der Waals surface area (Å²) >= 11 is 0. The van der Waals surface area contributed by atoms with Gasteiger partial charge < -0.3 is 5.11 Å². The maximum atomic E-state index is 11.2. The Morgan fingerprint density at radius 2 is 2.00 bits per heavy atom. The van der Waals surface area contributed by atoms with Gasteiger partial charge in [-0.1, -0.05) is 0 Å². The largest absolute Gasteiger partial charge is 0.490 e. The normalized spacial score (nSPS) is 12.6. The lowest BCUT2D eigenvalue weighted by Crippen LogP contribution is -2.23. The molecule has 0 saturated heterocycles. The first kappa shape index (κ1) is 13.5. The fourth-order valence-corrected chi connectivity index (χ4v) is 1.18. The van der Waals surface area contributed by atoms with Crippen LogP contribution in [0.2, 0.25) is 0 Å². The summed E-state index contributed by atoms with van der Waals surface area (Å²) < 4.78 is 32.8. The number of aromatic nitrogens is 4. The van der Waals surface area contributed by atoms with Crippen LogP contribution in [0.25, 0.3) is 5.65 Å². The molecule has 0 unspecified atom stereocenters. The van der Waals surface area contributed by atoms with E-state index in [9.17, 15) is 18.0 Å². The van der Waals surface area contributed by atoms with Gasteiger partial charge in [0.05, 0.1) is 0 Å². The molecule has 9 nitrogen and oxygen atoms in total. The number of nitrogens with zero attached hydrogens (tertiary/aromatic N) is 6. The fraction of sp³-hybridized carbons (Fsp3) is 0.125. The molecule has 104 valence electrons. The first-order chi connectivity index (χ1) is 9.30. The van der Waals surface area contributed by atoms with E-state index >= 15 is 0 Å². The molecule has 20 heavy (non-hydrogen) atoms. The summed E-state index contributed by atoms with van der Waals surface area (Å²) in [6, 6.07) is 0. The Labute approximate surface area is 106 Å². The van der Waals surface area contributed by atoms with Gasteiger partial charge in [0.2, 0.25) is 0 Å². The van der Waals surface area contributed by atoms with Crippen LogP contribution in [0.3, 0.4) is 0 Å². The predicted octanol–water partition coefficient (Wildman–Crippen LogP) is -0.870. The van der Waals surface area contributed by atoms with E-state index in [4.69, 9.17) is 9.90 Å². The van der Waals surface area contributed by atoms with Crippen LogP contribution in [0.4, 0.5) is 19.0 Å². The highest BCUT2D eigenvalue weighted by Crippen LogP contribution is 2.13. The molecule has 0 aliphatic carbocycles. The third kappa shape index (κ3) is 2.43. The first-order valence-electron chi connectivity index (χ1n) is 4.75. The van der Waals surface area contributed by atoms with Crippen molar-refractivity contribution in [3.8, 4) is 0 Å². The molecule has 0 saturated carbocycles. The number of aliphatic carboxylic acids is 1. The van der Waals surface area contributed by atoms with Crippen LogP contribution in [-0.4, -0.2) is 43.2 Å². The average Bonchev–Trinajstić information content (AvgIpc) is 2.94. The molecule has 3 rings (SSSR count). The van der Waals surface area contributed by atoms with Gasteiger partial charge in [0.25, 0.3) is 0 Å². The molecule has 1 aliphatic rings. The third-order valence-electron chi connectivity index (χ3n) is 1.96. The molecule has 0 atom stereocenters. The van der Waals surface area contributed by atoms with E-state index in [1.807, 2.05) is 0 Å². The molecular weight excluding hydrogens is 285 g/mol. The van der Waals surface area contributed by atoms with Gasteiger partial charge in [-0.15, -0.1) is 0 Å². The smallest absolute Gasteiger partial charge is 0.475 e. The minimum Gasteiger partial charge on any atom is -0.475 e. The lowest BCUT2D eigenvalue weighted by Gasteiger charge is -1.93. The van der Waals surface area contributed by atoms with Gasteiger partial charge in [0.15, 0.2) is 16.8 Å². The zero-order valence-corrected chi connectivity index (χ0v) is 9.24. The van der Waals surface area contributed by atoms with Crippen LogP contribution in [0.15, 0.2) is 21.1 Å². The maximum Gasteiger partial charge on any atom is 0.490 e. The molecule has 0 spiro atoms. The number of carbonyl (C=O) groups is 1. The molecule has 0 bridgehead atoms. The van der Waals surface area contributed by atoms with Crippen molar-refractivity contribution in [2.24, 2.45) is 9.98 Å². The van der Waals surface area contributed by atoms with E-state index in [0.29, 0.717) is 16.8 Å². The monoisotopic (exact) mass is 288 g/mol. The number of rotatable bonds is 0. The fourth-order valence-electron chi connectivity index (χ4n) is 1.18. The van der Waals surface area contributed by atoms with Crippen molar-refractivity contribution < 1.29 is 23.1 Å². The molecule has 12 heteroatoms. The number of carboxylic acid groups (broad SMARTS) is 1. The highest BCUT2D eigenvalue weighted by molar-refractivity contribution is 5.73. The minimum absolute atomic E-state index is 0.311. The molecule has 0 fully saturated rings. The van der Waals surface area contributed by atoms with E-state index in [0.717, 1.165) is 4.52 Å². The lowest BCUT2D eigenvalue weighted by atomic mass is 10.5. The van der Waals surface area contributed by atoms with Gasteiger partial charge in [0.1, 0.15) is 12.7 Å². The summed E-state index contributed by atoms with van der Waals surface area (Å²) in [5, 5.41) is 11.3. The van der Waals surface area contributed by atoms with Crippen molar-refractivity contribution in [1.29, 1.82) is 0 Å². The van der Waals surface area contributed by atoms with Gasteiger partial charge in [-0.3, -0.25) is 0 Å². The Morgan fingerprint density at radius 3 is 2.60 bits per heavy atom. The molecule has 1 aliphatic heterocycles. The number of carboxylic acids is 1. The molecule has 2 aromatic heterocycles. The second-order valence-corrected chi connectivity index (χ2v) is 3.24. The number of fused-ring (bicyclic) bond motifs is 3. The Hall–Kier alpha value is -2.92. The predicted molar refractivity (Wildman–Crippen MR) is 55.6 cm³/mol. The van der Waals surface area contributed by atoms with Crippen LogP contribution in [0.1, 0.15) is 0 Å². The Morgan fingerprint density at radius 1 is 1.35 bits per heavy atom. The molecule has 1 N–H and O–H groups in total. The maximum absolute atomic E-state index is 11.2. The van der Waals surface area contributed by atoms with Crippen molar-refractivity contribution in [1.82, 2.24) is 19.6 Å².